The maximum atomic E-state index is 6.25. The van der Waals surface area contributed by atoms with E-state index < -0.39 is 0 Å². The Hall–Kier alpha value is -4.37. The molecule has 0 aliphatic rings. The number of pyridine rings is 1. The average Bonchev–Trinajstić information content (AvgIpc) is 3.41. The lowest BCUT2D eigenvalue weighted by Gasteiger charge is -2.11. The first-order valence-corrected chi connectivity index (χ1v) is 10.8. The Labute approximate surface area is 182 Å². The summed E-state index contributed by atoms with van der Waals surface area (Å²) < 4.78 is 8.54. The molecule has 0 saturated carbocycles. The standard InChI is InChI=1S/C29H16N2O/c1-2-8-18-17(7-1)13-14-20-21-15-22-19-9-3-6-12-26(19)32-27(22)16-25(21)31-24-11-5-4-10-23(24)30-29(31)28(18)20/h1-16H. The van der Waals surface area contributed by atoms with Crippen molar-refractivity contribution in [2.45, 2.75) is 0 Å². The van der Waals surface area contributed by atoms with Crippen LogP contribution in [-0.4, -0.2) is 9.38 Å². The van der Waals surface area contributed by atoms with Crippen LogP contribution in [0.1, 0.15) is 0 Å². The molecule has 3 heteroatoms. The first kappa shape index (κ1) is 16.3. The highest BCUT2D eigenvalue weighted by molar-refractivity contribution is 6.25. The molecule has 3 nitrogen and oxygen atoms in total. The van der Waals surface area contributed by atoms with Gasteiger partial charge >= 0.3 is 0 Å². The number of para-hydroxylation sites is 3. The van der Waals surface area contributed by atoms with Crippen LogP contribution < -0.4 is 0 Å². The van der Waals surface area contributed by atoms with Crippen molar-refractivity contribution in [2.75, 3.05) is 0 Å². The fourth-order valence-corrected chi connectivity index (χ4v) is 5.34. The van der Waals surface area contributed by atoms with Gasteiger partial charge in [-0.1, -0.05) is 66.7 Å². The van der Waals surface area contributed by atoms with Crippen LogP contribution in [0.4, 0.5) is 0 Å². The van der Waals surface area contributed by atoms with Gasteiger partial charge in [-0.05, 0) is 40.4 Å². The number of fused-ring (bicyclic) bond motifs is 13. The van der Waals surface area contributed by atoms with Crippen molar-refractivity contribution >= 4 is 71.1 Å². The third-order valence-corrected chi connectivity index (χ3v) is 6.74. The van der Waals surface area contributed by atoms with E-state index in [1.807, 2.05) is 12.1 Å². The summed E-state index contributed by atoms with van der Waals surface area (Å²) in [7, 11) is 0. The van der Waals surface area contributed by atoms with Gasteiger partial charge in [-0.2, -0.15) is 0 Å². The highest BCUT2D eigenvalue weighted by Crippen LogP contribution is 2.39. The average molecular weight is 408 g/mol. The molecular formula is C29H16N2O. The quantitative estimate of drug-likeness (QED) is 0.239. The smallest absolute Gasteiger partial charge is 0.147 e. The predicted molar refractivity (Wildman–Crippen MR) is 132 cm³/mol. The molecule has 3 aromatic heterocycles. The van der Waals surface area contributed by atoms with Gasteiger partial charge in [0.05, 0.1) is 16.6 Å². The minimum atomic E-state index is 0.901. The zero-order valence-corrected chi connectivity index (χ0v) is 17.0. The SMILES string of the molecule is c1ccc2c(c1)ccc1c3cc4c(cc3n3c5ccccc5nc3c21)oc1ccccc14. The Morgan fingerprint density at radius 3 is 2.34 bits per heavy atom. The molecule has 8 aromatic rings. The zero-order chi connectivity index (χ0) is 20.8. The Morgan fingerprint density at radius 1 is 0.562 bits per heavy atom. The van der Waals surface area contributed by atoms with Gasteiger partial charge in [-0.15, -0.1) is 0 Å². The van der Waals surface area contributed by atoms with Crippen molar-refractivity contribution < 1.29 is 4.42 Å². The zero-order valence-electron chi connectivity index (χ0n) is 17.0. The van der Waals surface area contributed by atoms with Crippen LogP contribution >= 0.6 is 0 Å². The van der Waals surface area contributed by atoms with Gasteiger partial charge in [0.1, 0.15) is 16.8 Å². The summed E-state index contributed by atoms with van der Waals surface area (Å²) in [6.45, 7) is 0. The van der Waals surface area contributed by atoms with E-state index in [1.165, 1.54) is 26.9 Å². The summed E-state index contributed by atoms with van der Waals surface area (Å²) >= 11 is 0. The molecule has 0 radical (unpaired) electrons. The van der Waals surface area contributed by atoms with Crippen LogP contribution in [0, 0.1) is 0 Å². The minimum Gasteiger partial charge on any atom is -0.456 e. The second-order valence-electron chi connectivity index (χ2n) is 8.43. The molecule has 0 aliphatic heterocycles. The fraction of sp³-hybridized carbons (Fsp3) is 0. The summed E-state index contributed by atoms with van der Waals surface area (Å²) in [6.07, 6.45) is 0. The molecule has 0 fully saturated rings. The fourth-order valence-electron chi connectivity index (χ4n) is 5.34. The minimum absolute atomic E-state index is 0.901. The van der Waals surface area contributed by atoms with E-state index in [0.717, 1.165) is 44.1 Å². The molecule has 0 saturated heterocycles. The largest absolute Gasteiger partial charge is 0.456 e. The monoisotopic (exact) mass is 408 g/mol. The van der Waals surface area contributed by atoms with E-state index in [2.05, 4.69) is 89.3 Å². The van der Waals surface area contributed by atoms with E-state index in [4.69, 9.17) is 9.40 Å². The number of aromatic nitrogens is 2. The number of rotatable bonds is 0. The topological polar surface area (TPSA) is 30.4 Å². The van der Waals surface area contributed by atoms with Crippen molar-refractivity contribution in [3.8, 4) is 0 Å². The van der Waals surface area contributed by atoms with Crippen LogP contribution in [0.15, 0.2) is 101 Å². The molecule has 3 heterocycles. The van der Waals surface area contributed by atoms with Crippen molar-refractivity contribution in [2.24, 2.45) is 0 Å². The Kier molecular flexibility index (Phi) is 2.89. The molecule has 0 unspecified atom stereocenters. The second-order valence-corrected chi connectivity index (χ2v) is 8.43. The molecule has 0 aliphatic carbocycles. The van der Waals surface area contributed by atoms with E-state index >= 15 is 0 Å². The lowest BCUT2D eigenvalue weighted by molar-refractivity contribution is 0.669. The third-order valence-electron chi connectivity index (χ3n) is 6.74. The number of hydrogen-bond donors (Lipinski definition) is 0. The van der Waals surface area contributed by atoms with E-state index in [0.29, 0.717) is 0 Å². The van der Waals surface area contributed by atoms with Crippen LogP contribution in [0.2, 0.25) is 0 Å². The lowest BCUT2D eigenvalue weighted by Crippen LogP contribution is -1.92. The molecular weight excluding hydrogens is 392 g/mol. The normalized spacial score (nSPS) is 12.4. The highest BCUT2D eigenvalue weighted by Gasteiger charge is 2.18. The van der Waals surface area contributed by atoms with Crippen molar-refractivity contribution in [1.82, 2.24) is 9.38 Å². The van der Waals surface area contributed by atoms with Crippen LogP contribution in [-0.2, 0) is 0 Å². The molecule has 5 aromatic carbocycles. The molecule has 0 N–H and O–H groups in total. The molecule has 8 rings (SSSR count). The second kappa shape index (κ2) is 5.65. The molecule has 0 amide bonds. The Morgan fingerprint density at radius 2 is 1.38 bits per heavy atom. The van der Waals surface area contributed by atoms with Gasteiger partial charge in [-0.25, -0.2) is 4.98 Å². The summed E-state index contributed by atoms with van der Waals surface area (Å²) in [5.41, 5.74) is 6.03. The van der Waals surface area contributed by atoms with Gasteiger partial charge in [0.2, 0.25) is 0 Å². The van der Waals surface area contributed by atoms with Crippen molar-refractivity contribution in [1.29, 1.82) is 0 Å². The van der Waals surface area contributed by atoms with Crippen LogP contribution in [0.3, 0.4) is 0 Å². The maximum absolute atomic E-state index is 6.25. The van der Waals surface area contributed by atoms with E-state index in [-0.39, 0.29) is 0 Å². The summed E-state index contributed by atoms with van der Waals surface area (Å²) in [6, 6.07) is 34.1. The number of nitrogens with zero attached hydrogens (tertiary/aromatic N) is 2. The van der Waals surface area contributed by atoms with Gasteiger partial charge < -0.3 is 4.42 Å². The van der Waals surface area contributed by atoms with Gasteiger partial charge in [0.15, 0.2) is 0 Å². The highest BCUT2D eigenvalue weighted by atomic mass is 16.3. The van der Waals surface area contributed by atoms with Gasteiger partial charge in [0.25, 0.3) is 0 Å². The van der Waals surface area contributed by atoms with Crippen LogP contribution in [0.25, 0.3) is 71.1 Å². The number of hydrogen-bond acceptors (Lipinski definition) is 2. The first-order valence-electron chi connectivity index (χ1n) is 10.8. The Balaban J connectivity index is 1.75. The maximum Gasteiger partial charge on any atom is 0.147 e. The van der Waals surface area contributed by atoms with Gasteiger partial charge in [0, 0.05) is 27.6 Å². The molecule has 148 valence electrons. The molecule has 0 atom stereocenters. The van der Waals surface area contributed by atoms with Crippen LogP contribution in [0.5, 0.6) is 0 Å². The van der Waals surface area contributed by atoms with Gasteiger partial charge in [-0.3, -0.25) is 4.40 Å². The third kappa shape index (κ3) is 1.94. The van der Waals surface area contributed by atoms with E-state index in [1.54, 1.807) is 0 Å². The number of furan rings is 1. The molecule has 0 bridgehead atoms. The summed E-state index contributed by atoms with van der Waals surface area (Å²) in [4.78, 5) is 5.10. The van der Waals surface area contributed by atoms with E-state index in [9.17, 15) is 0 Å². The summed E-state index contributed by atoms with van der Waals surface area (Å²) in [5, 5.41) is 8.36. The van der Waals surface area contributed by atoms with Crippen molar-refractivity contribution in [3.63, 3.8) is 0 Å². The molecule has 0 spiro atoms. The number of benzene rings is 5. The molecule has 32 heavy (non-hydrogen) atoms. The summed E-state index contributed by atoms with van der Waals surface area (Å²) in [5.74, 6) is 0. The lowest BCUT2D eigenvalue weighted by atomic mass is 9.98. The van der Waals surface area contributed by atoms with Crippen molar-refractivity contribution in [3.05, 3.63) is 97.1 Å². The Bertz CT molecular complexity index is 2040. The number of imidazole rings is 1. The first-order chi connectivity index (χ1) is 15.9. The predicted octanol–water partition coefficient (Wildman–Crippen LogP) is 7.85.